The molecule has 0 aliphatic heterocycles. The molecule has 28 heavy (non-hydrogen) atoms. The normalized spacial score (nSPS) is 52.6. The molecule has 1 N–H and O–H groups in total. The molecule has 4 aliphatic rings. The monoisotopic (exact) mass is 411 g/mol. The highest BCUT2D eigenvalue weighted by Gasteiger charge is 2.63. The van der Waals surface area contributed by atoms with Crippen molar-refractivity contribution < 1.29 is 17.8 Å². The van der Waals surface area contributed by atoms with Gasteiger partial charge in [0.05, 0.1) is 17.6 Å². The third kappa shape index (κ3) is 2.96. The Bertz CT molecular complexity index is 775. The maximum absolute atomic E-state index is 11.4. The lowest BCUT2D eigenvalue weighted by atomic mass is 9.43. The van der Waals surface area contributed by atoms with Crippen molar-refractivity contribution in [2.24, 2.45) is 45.6 Å². The van der Waals surface area contributed by atoms with Gasteiger partial charge in [0.1, 0.15) is 0 Å². The number of hydrogen-bond donors (Lipinski definition) is 1. The molecule has 4 aliphatic carbocycles. The second-order valence-electron chi connectivity index (χ2n) is 11.0. The minimum absolute atomic E-state index is 0.0631. The van der Waals surface area contributed by atoms with E-state index < -0.39 is 15.7 Å². The Morgan fingerprint density at radius 3 is 2.36 bits per heavy atom. The highest BCUT2D eigenvalue weighted by atomic mass is 32.2. The lowest BCUT2D eigenvalue weighted by molar-refractivity contribution is -0.145. The van der Waals surface area contributed by atoms with Crippen LogP contribution in [0.3, 0.4) is 0 Å². The number of hydrogen-bond acceptors (Lipinski definition) is 5. The summed E-state index contributed by atoms with van der Waals surface area (Å²) < 4.78 is 27.5. The summed E-state index contributed by atoms with van der Waals surface area (Å²) in [5.41, 5.74) is 0.731. The Morgan fingerprint density at radius 1 is 1.00 bits per heavy atom. The van der Waals surface area contributed by atoms with Crippen LogP contribution in [0.4, 0.5) is 0 Å². The van der Waals surface area contributed by atoms with E-state index in [0.29, 0.717) is 23.7 Å². The predicted molar refractivity (Wildman–Crippen MR) is 110 cm³/mol. The molecule has 0 aromatic rings. The fourth-order valence-electron chi connectivity index (χ4n) is 8.02. The van der Waals surface area contributed by atoms with Gasteiger partial charge in [-0.2, -0.15) is 8.42 Å². The molecule has 160 valence electrons. The summed E-state index contributed by atoms with van der Waals surface area (Å²) in [4.78, 5) is 0. The summed E-state index contributed by atoms with van der Waals surface area (Å²) in [6.45, 7) is 9.09. The van der Waals surface area contributed by atoms with Gasteiger partial charge in [0.15, 0.2) is 0 Å². The molecular formula is C22H37NO4S. The zero-order valence-corrected chi connectivity index (χ0v) is 18.9. The minimum atomic E-state index is -3.55. The first-order chi connectivity index (χ1) is 12.9. The second kappa shape index (κ2) is 6.44. The number of oxime groups is 1. The largest absolute Gasteiger partial charge is 0.390 e. The van der Waals surface area contributed by atoms with Crippen LogP contribution < -0.4 is 0 Å². The van der Waals surface area contributed by atoms with E-state index in [1.807, 2.05) is 0 Å². The van der Waals surface area contributed by atoms with Crippen LogP contribution in [0.25, 0.3) is 0 Å². The number of fused-ring (bicyclic) bond motifs is 5. The lowest BCUT2D eigenvalue weighted by Gasteiger charge is -2.62. The topological polar surface area (TPSA) is 76.0 Å². The molecule has 0 heterocycles. The van der Waals surface area contributed by atoms with E-state index in [1.165, 1.54) is 19.3 Å². The van der Waals surface area contributed by atoms with Crippen molar-refractivity contribution in [3.05, 3.63) is 0 Å². The first kappa shape index (κ1) is 20.6. The molecule has 0 bridgehead atoms. The van der Waals surface area contributed by atoms with E-state index in [-0.39, 0.29) is 16.7 Å². The van der Waals surface area contributed by atoms with E-state index >= 15 is 0 Å². The zero-order valence-electron chi connectivity index (χ0n) is 18.1. The van der Waals surface area contributed by atoms with Crippen molar-refractivity contribution in [1.82, 2.24) is 0 Å². The van der Waals surface area contributed by atoms with Crippen LogP contribution in [0.5, 0.6) is 0 Å². The van der Waals surface area contributed by atoms with E-state index in [4.69, 9.17) is 4.28 Å². The quantitative estimate of drug-likeness (QED) is 0.685. The van der Waals surface area contributed by atoms with Crippen molar-refractivity contribution in [3.63, 3.8) is 0 Å². The molecule has 0 saturated heterocycles. The molecule has 4 rings (SSSR count). The molecule has 0 radical (unpaired) electrons. The SMILES string of the molecule is C[C@@H]1/C(=N/OS(C)(=O)=O)CC[C@]2(C)[C@H]3CC[C@@]4(C)[C@@H](CC[C@]4(C)O)[C@@H]3CC[C@@H]12. The van der Waals surface area contributed by atoms with Gasteiger partial charge in [-0.3, -0.25) is 4.28 Å². The average Bonchev–Trinajstić information content (AvgIpc) is 2.83. The van der Waals surface area contributed by atoms with Crippen molar-refractivity contribution in [1.29, 1.82) is 0 Å². The Balaban J connectivity index is 1.58. The molecule has 0 amide bonds. The van der Waals surface area contributed by atoms with Gasteiger partial charge < -0.3 is 5.11 Å². The first-order valence-electron chi connectivity index (χ1n) is 11.1. The second-order valence-corrected chi connectivity index (χ2v) is 12.5. The van der Waals surface area contributed by atoms with Crippen molar-refractivity contribution in [2.75, 3.05) is 6.26 Å². The van der Waals surface area contributed by atoms with Gasteiger partial charge in [-0.15, -0.1) is 0 Å². The van der Waals surface area contributed by atoms with E-state index in [9.17, 15) is 13.5 Å². The van der Waals surface area contributed by atoms with Crippen molar-refractivity contribution in [2.45, 2.75) is 84.7 Å². The fourth-order valence-corrected chi connectivity index (χ4v) is 8.25. The Labute approximate surface area is 170 Å². The lowest BCUT2D eigenvalue weighted by Crippen LogP contribution is -2.57. The van der Waals surface area contributed by atoms with Gasteiger partial charge in [-0.25, -0.2) is 0 Å². The maximum Gasteiger partial charge on any atom is 0.325 e. The van der Waals surface area contributed by atoms with Gasteiger partial charge in [-0.05, 0) is 92.8 Å². The van der Waals surface area contributed by atoms with Crippen LogP contribution in [-0.2, 0) is 14.4 Å². The Morgan fingerprint density at radius 2 is 1.68 bits per heavy atom. The third-order valence-corrected chi connectivity index (χ3v) is 10.2. The zero-order chi connectivity index (χ0) is 20.5. The molecule has 0 unspecified atom stereocenters. The van der Waals surface area contributed by atoms with Gasteiger partial charge in [0, 0.05) is 5.92 Å². The molecule has 0 aromatic carbocycles. The van der Waals surface area contributed by atoms with Crippen LogP contribution in [0, 0.1) is 40.4 Å². The van der Waals surface area contributed by atoms with Crippen LogP contribution in [-0.4, -0.2) is 31.1 Å². The first-order valence-corrected chi connectivity index (χ1v) is 12.9. The van der Waals surface area contributed by atoms with Crippen molar-refractivity contribution >= 4 is 15.8 Å². The summed E-state index contributed by atoms with van der Waals surface area (Å²) in [5.74, 6) is 2.86. The number of aliphatic hydroxyl groups is 1. The summed E-state index contributed by atoms with van der Waals surface area (Å²) in [7, 11) is -3.55. The fraction of sp³-hybridized carbons (Fsp3) is 0.955. The highest BCUT2D eigenvalue weighted by Crippen LogP contribution is 2.68. The van der Waals surface area contributed by atoms with Crippen LogP contribution in [0.15, 0.2) is 5.16 Å². The predicted octanol–water partition coefficient (Wildman–Crippen LogP) is 4.36. The van der Waals surface area contributed by atoms with Crippen LogP contribution in [0.1, 0.15) is 79.1 Å². The molecule has 8 atom stereocenters. The summed E-state index contributed by atoms with van der Waals surface area (Å²) >= 11 is 0. The van der Waals surface area contributed by atoms with Gasteiger partial charge in [0.25, 0.3) is 0 Å². The standard InChI is InChI=1S/C22H37NO4S/c1-14-16-7-6-15-17(8-12-21(3)18(15)9-13-22(21,4)24)20(16,2)11-10-19(14)23-27-28(5,25)26/h14-18,24H,6-13H2,1-5H3/b23-19+/t14-,15+,16-,17-,18-,20-,21-,22-/m0/s1. The highest BCUT2D eigenvalue weighted by molar-refractivity contribution is 7.85. The molecule has 0 spiro atoms. The average molecular weight is 412 g/mol. The number of nitrogens with zero attached hydrogens (tertiary/aromatic N) is 1. The van der Waals surface area contributed by atoms with Crippen LogP contribution in [0.2, 0.25) is 0 Å². The molecular weight excluding hydrogens is 374 g/mol. The summed E-state index contributed by atoms with van der Waals surface area (Å²) in [5, 5.41) is 15.1. The third-order valence-electron chi connectivity index (χ3n) is 9.84. The smallest absolute Gasteiger partial charge is 0.325 e. The minimum Gasteiger partial charge on any atom is -0.390 e. The summed E-state index contributed by atoms with van der Waals surface area (Å²) in [6.07, 6.45) is 9.78. The number of rotatable bonds is 2. The maximum atomic E-state index is 11.4. The summed E-state index contributed by atoms with van der Waals surface area (Å²) in [6, 6.07) is 0. The van der Waals surface area contributed by atoms with Gasteiger partial charge in [-0.1, -0.05) is 25.9 Å². The van der Waals surface area contributed by atoms with Crippen LogP contribution >= 0.6 is 0 Å². The molecule has 5 nitrogen and oxygen atoms in total. The van der Waals surface area contributed by atoms with E-state index in [0.717, 1.165) is 44.1 Å². The Kier molecular flexibility index (Phi) is 4.75. The van der Waals surface area contributed by atoms with E-state index in [2.05, 4.69) is 32.9 Å². The van der Waals surface area contributed by atoms with Crippen molar-refractivity contribution in [3.8, 4) is 0 Å². The van der Waals surface area contributed by atoms with Gasteiger partial charge >= 0.3 is 10.1 Å². The molecule has 4 saturated carbocycles. The molecule has 0 aromatic heterocycles. The molecule has 6 heteroatoms. The van der Waals surface area contributed by atoms with E-state index in [1.54, 1.807) is 0 Å². The molecule has 4 fully saturated rings. The Hall–Kier alpha value is -0.620. The van der Waals surface area contributed by atoms with Gasteiger partial charge in [0.2, 0.25) is 0 Å².